The average Bonchev–Trinajstić information content (AvgIpc) is 2.49. The predicted octanol–water partition coefficient (Wildman–Crippen LogP) is -2.41. The van der Waals surface area contributed by atoms with E-state index < -0.39 is 36.0 Å². The monoisotopic (exact) mass is 404 g/mol. The van der Waals surface area contributed by atoms with Crippen molar-refractivity contribution >= 4 is 17.9 Å². The van der Waals surface area contributed by atoms with Crippen LogP contribution in [-0.2, 0) is 30.9 Å². The summed E-state index contributed by atoms with van der Waals surface area (Å²) in [6.07, 6.45) is 0. The molecule has 0 spiro atoms. The molecule has 0 saturated carbocycles. The van der Waals surface area contributed by atoms with Gasteiger partial charge >= 0.3 is 17.9 Å². The van der Waals surface area contributed by atoms with Crippen LogP contribution < -0.4 is 15.3 Å². The standard InChI is InChI=1S/3C4H8N2O2.Ni/c3*1-6-2-3(5)4(7)8;/h3*3,5H,2H2,1H3,(H,7,8);/q3*-2;+2/p-2. The van der Waals surface area contributed by atoms with E-state index in [1.807, 2.05) is 0 Å². The molecular formula is C12H22N6NiO6-6. The fourth-order valence-electron chi connectivity index (χ4n) is 0.771. The molecule has 0 saturated heterocycles. The second-order valence-electron chi connectivity index (χ2n) is 4.11. The first-order chi connectivity index (χ1) is 11.0. The fraction of sp³-hybridized carbons (Fsp3) is 0.750. The second-order valence-corrected chi connectivity index (χ2v) is 4.11. The smallest absolute Gasteiger partial charge is 0.671 e. The normalized spacial score (nSPS) is 12.7. The maximum atomic E-state index is 9.73. The molecule has 0 bridgehead atoms. The summed E-state index contributed by atoms with van der Waals surface area (Å²) in [5, 5.41) is 39.5. The molecule has 0 rings (SSSR count). The molecule has 25 heavy (non-hydrogen) atoms. The van der Waals surface area contributed by atoms with Gasteiger partial charge in [-0.15, -0.1) is 18.1 Å². The Morgan fingerprint density at radius 2 is 0.880 bits per heavy atom. The van der Waals surface area contributed by atoms with Crippen LogP contribution >= 0.6 is 0 Å². The Balaban J connectivity index is -0.0000000817. The molecular weight excluding hydrogens is 383 g/mol. The van der Waals surface area contributed by atoms with E-state index >= 15 is 0 Å². The van der Waals surface area contributed by atoms with E-state index in [-0.39, 0.29) is 37.6 Å². The topological polar surface area (TPSA) is 234 Å². The van der Waals surface area contributed by atoms with Crippen LogP contribution in [0, 0.1) is 0 Å². The summed E-state index contributed by atoms with van der Waals surface area (Å²) in [5.41, 5.74) is 20.0. The van der Waals surface area contributed by atoms with Crippen LogP contribution in [0.25, 0.3) is 33.2 Å². The predicted molar refractivity (Wildman–Crippen MR) is 82.9 cm³/mol. The van der Waals surface area contributed by atoms with Crippen LogP contribution in [0.15, 0.2) is 0 Å². The minimum Gasteiger partial charge on any atom is -0.671 e. The maximum Gasteiger partial charge on any atom is 2.00 e. The Morgan fingerprint density at radius 3 is 0.920 bits per heavy atom. The molecule has 0 radical (unpaired) electrons. The number of carbonyl (C=O) groups is 3. The zero-order valence-corrected chi connectivity index (χ0v) is 14.9. The van der Waals surface area contributed by atoms with Crippen LogP contribution in [0.5, 0.6) is 0 Å². The van der Waals surface area contributed by atoms with E-state index in [4.69, 9.17) is 17.2 Å². The third-order valence-electron chi connectivity index (χ3n) is 1.95. The summed E-state index contributed by atoms with van der Waals surface area (Å²) in [6, 6.07) is -3.58. The van der Waals surface area contributed by atoms with Crippen molar-refractivity contribution in [3.05, 3.63) is 33.2 Å². The first-order valence-corrected chi connectivity index (χ1v) is 6.47. The fourth-order valence-corrected chi connectivity index (χ4v) is 0.771. The molecule has 0 aliphatic carbocycles. The van der Waals surface area contributed by atoms with Crippen molar-refractivity contribution in [1.29, 1.82) is 0 Å². The summed E-state index contributed by atoms with van der Waals surface area (Å²) in [6.45, 7) is 0.0486. The summed E-state index contributed by atoms with van der Waals surface area (Å²) >= 11 is 0. The first kappa shape index (κ1) is 31.4. The van der Waals surface area contributed by atoms with Crippen LogP contribution in [-0.4, -0.2) is 76.8 Å². The number of rotatable bonds is 9. The zero-order valence-electron chi connectivity index (χ0n) is 15.0. The summed E-state index contributed by atoms with van der Waals surface area (Å²) < 4.78 is 0. The van der Waals surface area contributed by atoms with Crippen LogP contribution in [0.4, 0.5) is 0 Å². The molecule has 0 aliphatic rings. The van der Waals surface area contributed by atoms with Crippen LogP contribution in [0.1, 0.15) is 1.43 Å². The van der Waals surface area contributed by atoms with Gasteiger partial charge in [0.2, 0.25) is 0 Å². The number of hydrogen-bond donors (Lipinski definition) is 0. The third kappa shape index (κ3) is 25.0. The van der Waals surface area contributed by atoms with Crippen molar-refractivity contribution < 1.29 is 47.6 Å². The minimum absolute atomic E-state index is 0. The molecule has 3 N–H and O–H groups in total. The van der Waals surface area contributed by atoms with Gasteiger partial charge in [0.25, 0.3) is 0 Å². The molecule has 0 fully saturated rings. The van der Waals surface area contributed by atoms with Crippen LogP contribution in [0.3, 0.4) is 0 Å². The van der Waals surface area contributed by atoms with Gasteiger partial charge in [0, 0.05) is 17.9 Å². The van der Waals surface area contributed by atoms with Crippen molar-refractivity contribution in [2.75, 3.05) is 40.8 Å². The molecule has 13 heteroatoms. The zero-order chi connectivity index (χ0) is 19.7. The summed E-state index contributed by atoms with van der Waals surface area (Å²) in [7, 11) is 4.39. The number of likely N-dealkylation sites (N-methyl/N-ethyl adjacent to an activating group) is 3. The molecule has 3 unspecified atom stereocenters. The van der Waals surface area contributed by atoms with Gasteiger partial charge in [0.15, 0.2) is 0 Å². The van der Waals surface area contributed by atoms with E-state index in [9.17, 15) is 29.7 Å². The number of hydrogen-bond acceptors (Lipinski definition) is 6. The molecule has 0 amide bonds. The van der Waals surface area contributed by atoms with Crippen molar-refractivity contribution in [3.63, 3.8) is 0 Å². The molecule has 152 valence electrons. The van der Waals surface area contributed by atoms with Gasteiger partial charge in [-0.25, -0.2) is 0 Å². The minimum atomic E-state index is -1.37. The molecule has 0 aromatic heterocycles. The number of aliphatic carboxylic acids is 3. The average molecular weight is 405 g/mol. The largest absolute Gasteiger partial charge is 2.00 e. The Labute approximate surface area is 158 Å². The number of nitrogens with one attached hydrogen (secondary N) is 3. The number of carbonyl (C=O) groups excluding carboxylic acids is 3. The van der Waals surface area contributed by atoms with Gasteiger partial charge in [0.05, 0.1) is 0 Å². The second kappa shape index (κ2) is 20.7. The van der Waals surface area contributed by atoms with Crippen molar-refractivity contribution in [3.8, 4) is 0 Å². The third-order valence-corrected chi connectivity index (χ3v) is 1.95. The Hall–Kier alpha value is -1.34. The quantitative estimate of drug-likeness (QED) is 0.378. The molecule has 0 aromatic rings. The van der Waals surface area contributed by atoms with Gasteiger partial charge in [-0.1, -0.05) is 0 Å². The molecule has 0 aromatic carbocycles. The number of carboxylic acid groups (broad SMARTS) is 3. The number of carboxylic acids is 3. The molecule has 3 atom stereocenters. The van der Waals surface area contributed by atoms with Gasteiger partial charge < -0.3 is 62.9 Å². The van der Waals surface area contributed by atoms with Gasteiger partial charge in [-0.2, -0.15) is 40.8 Å². The SMILES string of the molecule is C[N-]CC([NH-])C(=O)[O-].C[N-]CC([NH-])C(=O)[O-].C[N-]CC([NH-])C(=O)[O-].[H+].[Ni+2]. The Kier molecular flexibility index (Phi) is 26.0. The van der Waals surface area contributed by atoms with E-state index in [1.54, 1.807) is 0 Å². The Morgan fingerprint density at radius 1 is 0.720 bits per heavy atom. The van der Waals surface area contributed by atoms with E-state index in [2.05, 4.69) is 16.0 Å². The van der Waals surface area contributed by atoms with E-state index in [0.29, 0.717) is 0 Å². The first-order valence-electron chi connectivity index (χ1n) is 6.47. The van der Waals surface area contributed by atoms with E-state index in [0.717, 1.165) is 0 Å². The van der Waals surface area contributed by atoms with Crippen molar-refractivity contribution in [2.45, 2.75) is 18.1 Å². The summed E-state index contributed by atoms with van der Waals surface area (Å²) in [5.74, 6) is -4.10. The molecule has 0 heterocycles. The van der Waals surface area contributed by atoms with Crippen molar-refractivity contribution in [1.82, 2.24) is 0 Å². The van der Waals surface area contributed by atoms with Gasteiger partial charge in [-0.05, 0) is 0 Å². The maximum absolute atomic E-state index is 9.73. The molecule has 12 nitrogen and oxygen atoms in total. The van der Waals surface area contributed by atoms with Gasteiger partial charge in [0.1, 0.15) is 0 Å². The van der Waals surface area contributed by atoms with Crippen LogP contribution in [0.2, 0.25) is 0 Å². The summed E-state index contributed by atoms with van der Waals surface area (Å²) in [4.78, 5) is 29.2. The van der Waals surface area contributed by atoms with Gasteiger partial charge in [-0.3, -0.25) is 0 Å². The Bertz CT molecular complexity index is 317. The van der Waals surface area contributed by atoms with E-state index in [1.165, 1.54) is 21.1 Å². The molecule has 0 aliphatic heterocycles. The number of nitrogens with zero attached hydrogens (tertiary/aromatic N) is 3. The van der Waals surface area contributed by atoms with Crippen molar-refractivity contribution in [2.24, 2.45) is 0 Å².